The van der Waals surface area contributed by atoms with Gasteiger partial charge in [-0.15, -0.1) is 10.2 Å². The summed E-state index contributed by atoms with van der Waals surface area (Å²) in [5.74, 6) is 0.617. The Morgan fingerprint density at radius 2 is 1.81 bits per heavy atom. The van der Waals surface area contributed by atoms with Gasteiger partial charge in [-0.1, -0.05) is 18.2 Å². The molecular weight excluding hydrogens is 334 g/mol. The first kappa shape index (κ1) is 17.4. The molecule has 2 aromatic heterocycles. The second-order valence-electron chi connectivity index (χ2n) is 5.63. The van der Waals surface area contributed by atoms with E-state index in [4.69, 9.17) is 4.74 Å². The third-order valence-corrected chi connectivity index (χ3v) is 3.79. The fourth-order valence-electron chi connectivity index (χ4n) is 2.37. The number of amides is 2. The number of benzene rings is 1. The zero-order chi connectivity index (χ0) is 18.4. The highest BCUT2D eigenvalue weighted by Gasteiger charge is 2.11. The van der Waals surface area contributed by atoms with Crippen LogP contribution in [0.25, 0.3) is 5.65 Å². The van der Waals surface area contributed by atoms with E-state index in [1.807, 2.05) is 36.4 Å². The van der Waals surface area contributed by atoms with Gasteiger partial charge in [0.25, 0.3) is 0 Å². The molecule has 3 aromatic rings. The van der Waals surface area contributed by atoms with Gasteiger partial charge in [0.2, 0.25) is 17.8 Å². The van der Waals surface area contributed by atoms with Crippen molar-refractivity contribution in [1.29, 1.82) is 0 Å². The molecule has 8 nitrogen and oxygen atoms in total. The fraction of sp³-hybridized carbons (Fsp3) is 0.222. The van der Waals surface area contributed by atoms with Crippen LogP contribution in [0.4, 0.5) is 5.95 Å². The normalized spacial score (nSPS) is 10.5. The number of hydrogen-bond donors (Lipinski definition) is 2. The maximum atomic E-state index is 12.0. The second kappa shape index (κ2) is 8.11. The van der Waals surface area contributed by atoms with Crippen molar-refractivity contribution in [2.75, 3.05) is 12.4 Å². The Morgan fingerprint density at radius 1 is 1.04 bits per heavy atom. The van der Waals surface area contributed by atoms with Crippen LogP contribution in [0.5, 0.6) is 5.75 Å². The second-order valence-corrected chi connectivity index (χ2v) is 5.63. The average molecular weight is 353 g/mol. The Hall–Kier alpha value is -3.42. The Bertz CT molecular complexity index is 905. The van der Waals surface area contributed by atoms with E-state index in [-0.39, 0.29) is 24.7 Å². The molecule has 0 bridgehead atoms. The highest BCUT2D eigenvalue weighted by molar-refractivity contribution is 5.92. The average Bonchev–Trinajstić information content (AvgIpc) is 3.08. The van der Waals surface area contributed by atoms with E-state index < -0.39 is 0 Å². The zero-order valence-corrected chi connectivity index (χ0v) is 14.3. The van der Waals surface area contributed by atoms with Crippen molar-refractivity contribution < 1.29 is 14.3 Å². The van der Waals surface area contributed by atoms with Crippen LogP contribution in [-0.4, -0.2) is 33.5 Å². The molecule has 0 saturated heterocycles. The number of fused-ring (bicyclic) bond motifs is 1. The summed E-state index contributed by atoms with van der Waals surface area (Å²) in [5, 5.41) is 13.3. The Kier molecular flexibility index (Phi) is 5.43. The molecule has 0 fully saturated rings. The van der Waals surface area contributed by atoms with Crippen LogP contribution in [0.2, 0.25) is 0 Å². The highest BCUT2D eigenvalue weighted by Crippen LogP contribution is 2.11. The number of carbonyl (C=O) groups is 2. The lowest BCUT2D eigenvalue weighted by molar-refractivity contribution is -0.124. The van der Waals surface area contributed by atoms with Gasteiger partial charge in [0, 0.05) is 25.6 Å². The first-order valence-electron chi connectivity index (χ1n) is 8.15. The minimum atomic E-state index is -0.289. The van der Waals surface area contributed by atoms with Crippen LogP contribution < -0.4 is 15.4 Å². The largest absolute Gasteiger partial charge is 0.497 e. The van der Waals surface area contributed by atoms with Crippen LogP contribution in [0.3, 0.4) is 0 Å². The molecule has 0 unspecified atom stereocenters. The number of hydrogen-bond acceptors (Lipinski definition) is 5. The number of rotatable bonds is 7. The van der Waals surface area contributed by atoms with Crippen LogP contribution in [0.15, 0.2) is 48.7 Å². The molecule has 0 aliphatic rings. The van der Waals surface area contributed by atoms with Crippen molar-refractivity contribution >= 4 is 23.4 Å². The van der Waals surface area contributed by atoms with Crippen molar-refractivity contribution in [2.24, 2.45) is 0 Å². The smallest absolute Gasteiger partial charge is 0.235 e. The Balaban J connectivity index is 1.44. The lowest BCUT2D eigenvalue weighted by atomic mass is 10.2. The molecule has 2 N–H and O–H groups in total. The van der Waals surface area contributed by atoms with Crippen molar-refractivity contribution in [1.82, 2.24) is 19.9 Å². The molecule has 26 heavy (non-hydrogen) atoms. The number of nitrogens with zero attached hydrogens (tertiary/aromatic N) is 3. The Labute approximate surface area is 150 Å². The van der Waals surface area contributed by atoms with Gasteiger partial charge in [0.1, 0.15) is 5.75 Å². The van der Waals surface area contributed by atoms with E-state index in [1.165, 1.54) is 0 Å². The molecule has 134 valence electrons. The van der Waals surface area contributed by atoms with Crippen molar-refractivity contribution in [2.45, 2.75) is 19.4 Å². The van der Waals surface area contributed by atoms with Gasteiger partial charge in [-0.3, -0.25) is 19.3 Å². The van der Waals surface area contributed by atoms with Crippen LogP contribution >= 0.6 is 0 Å². The highest BCUT2D eigenvalue weighted by atomic mass is 16.5. The molecule has 0 aliphatic carbocycles. The van der Waals surface area contributed by atoms with Crippen molar-refractivity contribution in [3.8, 4) is 5.75 Å². The fourth-order valence-corrected chi connectivity index (χ4v) is 2.37. The monoisotopic (exact) mass is 353 g/mol. The van der Waals surface area contributed by atoms with Gasteiger partial charge in [0.05, 0.1) is 7.11 Å². The number of carbonyl (C=O) groups excluding carboxylic acids is 2. The first-order chi connectivity index (χ1) is 12.7. The summed E-state index contributed by atoms with van der Waals surface area (Å²) in [6, 6.07) is 12.9. The summed E-state index contributed by atoms with van der Waals surface area (Å²) in [5.41, 5.74) is 1.60. The van der Waals surface area contributed by atoms with E-state index >= 15 is 0 Å². The van der Waals surface area contributed by atoms with Crippen LogP contribution in [-0.2, 0) is 16.1 Å². The molecule has 3 rings (SSSR count). The van der Waals surface area contributed by atoms with E-state index in [1.54, 1.807) is 23.8 Å². The molecule has 8 heteroatoms. The molecule has 0 spiro atoms. The van der Waals surface area contributed by atoms with Gasteiger partial charge >= 0.3 is 0 Å². The first-order valence-corrected chi connectivity index (χ1v) is 8.15. The summed E-state index contributed by atoms with van der Waals surface area (Å²) in [6.45, 7) is 0.402. The molecule has 1 aromatic carbocycles. The number of ether oxygens (including phenoxy) is 1. The van der Waals surface area contributed by atoms with E-state index in [2.05, 4.69) is 20.8 Å². The minimum Gasteiger partial charge on any atom is -0.497 e. The minimum absolute atomic E-state index is 0.0657. The molecule has 2 amide bonds. The van der Waals surface area contributed by atoms with Crippen LogP contribution in [0, 0.1) is 0 Å². The van der Waals surface area contributed by atoms with Gasteiger partial charge < -0.3 is 10.1 Å². The lowest BCUT2D eigenvalue weighted by Gasteiger charge is -2.07. The van der Waals surface area contributed by atoms with Crippen molar-refractivity contribution in [3.63, 3.8) is 0 Å². The number of anilines is 1. The third kappa shape index (κ3) is 4.35. The number of pyridine rings is 1. The quantitative estimate of drug-likeness (QED) is 0.675. The number of aromatic nitrogens is 3. The summed E-state index contributed by atoms with van der Waals surface area (Å²) >= 11 is 0. The van der Waals surface area contributed by atoms with E-state index in [0.29, 0.717) is 18.1 Å². The molecule has 0 aliphatic heterocycles. The standard InChI is InChI=1S/C18H19N5O3/c1-26-14-7-5-13(6-8-14)12-19-16(24)9-10-17(25)20-18-22-21-15-4-2-3-11-23(15)18/h2-8,11H,9-10,12H2,1H3,(H,19,24)(H,20,22,25). The number of methoxy groups -OCH3 is 1. The summed E-state index contributed by atoms with van der Waals surface area (Å²) in [7, 11) is 1.60. The summed E-state index contributed by atoms with van der Waals surface area (Å²) in [6.07, 6.45) is 1.92. The predicted octanol–water partition coefficient (Wildman–Crippen LogP) is 1.77. The molecular formula is C18H19N5O3. The Morgan fingerprint density at radius 3 is 2.58 bits per heavy atom. The number of nitrogens with one attached hydrogen (secondary N) is 2. The van der Waals surface area contributed by atoms with E-state index in [9.17, 15) is 9.59 Å². The molecule has 0 radical (unpaired) electrons. The molecule has 0 saturated carbocycles. The van der Waals surface area contributed by atoms with Crippen LogP contribution in [0.1, 0.15) is 18.4 Å². The summed E-state index contributed by atoms with van der Waals surface area (Å²) < 4.78 is 6.75. The molecule has 0 atom stereocenters. The maximum absolute atomic E-state index is 12.0. The van der Waals surface area contributed by atoms with Gasteiger partial charge in [-0.25, -0.2) is 0 Å². The molecule has 2 heterocycles. The van der Waals surface area contributed by atoms with Gasteiger partial charge in [-0.2, -0.15) is 0 Å². The van der Waals surface area contributed by atoms with E-state index in [0.717, 1.165) is 11.3 Å². The van der Waals surface area contributed by atoms with Crippen molar-refractivity contribution in [3.05, 3.63) is 54.2 Å². The van der Waals surface area contributed by atoms with Gasteiger partial charge in [-0.05, 0) is 29.8 Å². The zero-order valence-electron chi connectivity index (χ0n) is 14.3. The van der Waals surface area contributed by atoms with Gasteiger partial charge in [0.15, 0.2) is 5.65 Å². The lowest BCUT2D eigenvalue weighted by Crippen LogP contribution is -2.24. The summed E-state index contributed by atoms with van der Waals surface area (Å²) in [4.78, 5) is 23.9. The predicted molar refractivity (Wildman–Crippen MR) is 95.7 cm³/mol. The SMILES string of the molecule is COc1ccc(CNC(=O)CCC(=O)Nc2nnc3ccccn23)cc1. The third-order valence-electron chi connectivity index (χ3n) is 3.79. The maximum Gasteiger partial charge on any atom is 0.235 e. The topological polar surface area (TPSA) is 97.6 Å².